The maximum absolute atomic E-state index is 14.0. The Morgan fingerprint density at radius 2 is 2.00 bits per heavy atom. The summed E-state index contributed by atoms with van der Waals surface area (Å²) in [5.74, 6) is 0.358. The Kier molecular flexibility index (Phi) is 6.55. The molecule has 2 aromatic heterocycles. The van der Waals surface area contributed by atoms with Crippen molar-refractivity contribution in [2.45, 2.75) is 27.2 Å². The first-order valence-corrected chi connectivity index (χ1v) is 11.5. The second-order valence-electron chi connectivity index (χ2n) is 7.71. The van der Waals surface area contributed by atoms with Gasteiger partial charge in [-0.2, -0.15) is 0 Å². The number of nitrogens with zero attached hydrogens (tertiary/aromatic N) is 2. The molecular formula is C25H25FN4O2S. The SMILES string of the molecule is CCOc1cc(-c2cc(NCCc3c(C)sc4c(C)cc(F)cc34)ncn2)ccc1C(N)=O. The zero-order valence-electron chi connectivity index (χ0n) is 18.7. The normalized spacial score (nSPS) is 11.0. The van der Waals surface area contributed by atoms with Crippen LogP contribution in [-0.4, -0.2) is 29.0 Å². The standard InChI is InChI=1S/C25H25FN4O2S/c1-4-32-22-10-16(5-6-19(22)25(27)31)21-12-23(30-13-29-21)28-8-7-18-15(3)33-24-14(2)9-17(26)11-20(18)24/h5-6,9-13H,4,7-8H2,1-3H3,(H2,27,31)(H,28,29,30). The number of nitrogens with one attached hydrogen (secondary N) is 1. The number of rotatable bonds is 8. The third-order valence-electron chi connectivity index (χ3n) is 5.44. The molecular weight excluding hydrogens is 439 g/mol. The van der Waals surface area contributed by atoms with Crippen LogP contribution in [0.4, 0.5) is 10.2 Å². The topological polar surface area (TPSA) is 90.1 Å². The highest BCUT2D eigenvalue weighted by Gasteiger charge is 2.14. The van der Waals surface area contributed by atoms with Gasteiger partial charge in [-0.15, -0.1) is 11.3 Å². The fourth-order valence-electron chi connectivity index (χ4n) is 3.89. The van der Waals surface area contributed by atoms with Crippen LogP contribution in [0.5, 0.6) is 5.75 Å². The highest BCUT2D eigenvalue weighted by Crippen LogP contribution is 2.34. The zero-order chi connectivity index (χ0) is 23.5. The van der Waals surface area contributed by atoms with Crippen LogP contribution in [0, 0.1) is 19.7 Å². The van der Waals surface area contributed by atoms with Crippen molar-refractivity contribution < 1.29 is 13.9 Å². The lowest BCUT2D eigenvalue weighted by molar-refractivity contribution is 0.0996. The molecule has 2 heterocycles. The second kappa shape index (κ2) is 9.54. The van der Waals surface area contributed by atoms with Crippen LogP contribution in [0.2, 0.25) is 0 Å². The maximum atomic E-state index is 14.0. The third kappa shape index (κ3) is 4.80. The number of benzene rings is 2. The Balaban J connectivity index is 1.52. The summed E-state index contributed by atoms with van der Waals surface area (Å²) in [6.45, 7) is 6.92. The molecule has 2 aromatic carbocycles. The summed E-state index contributed by atoms with van der Waals surface area (Å²) in [4.78, 5) is 21.5. The fraction of sp³-hybridized carbons (Fsp3) is 0.240. The molecule has 8 heteroatoms. The Morgan fingerprint density at radius 1 is 1.18 bits per heavy atom. The fourth-order valence-corrected chi connectivity index (χ4v) is 5.05. The molecule has 3 N–H and O–H groups in total. The van der Waals surface area contributed by atoms with Crippen molar-refractivity contribution in [3.8, 4) is 17.0 Å². The summed E-state index contributed by atoms with van der Waals surface area (Å²) >= 11 is 1.70. The van der Waals surface area contributed by atoms with Gasteiger partial charge in [-0.1, -0.05) is 6.07 Å². The van der Waals surface area contributed by atoms with E-state index in [4.69, 9.17) is 10.5 Å². The van der Waals surface area contributed by atoms with E-state index in [0.717, 1.165) is 33.2 Å². The lowest BCUT2D eigenvalue weighted by atomic mass is 10.1. The summed E-state index contributed by atoms with van der Waals surface area (Å²) in [6, 6.07) is 10.2. The number of carbonyl (C=O) groups is 1. The Labute approximate surface area is 195 Å². The largest absolute Gasteiger partial charge is 0.493 e. The van der Waals surface area contributed by atoms with E-state index in [0.29, 0.717) is 36.0 Å². The number of thiophene rings is 1. The first-order chi connectivity index (χ1) is 15.9. The molecule has 0 bridgehead atoms. The minimum absolute atomic E-state index is 0.207. The number of fused-ring (bicyclic) bond motifs is 1. The van der Waals surface area contributed by atoms with Crippen LogP contribution >= 0.6 is 11.3 Å². The molecule has 4 aromatic rings. The Hall–Kier alpha value is -3.52. The Bertz CT molecular complexity index is 1340. The smallest absolute Gasteiger partial charge is 0.252 e. The van der Waals surface area contributed by atoms with Gasteiger partial charge in [0.2, 0.25) is 0 Å². The minimum atomic E-state index is -0.540. The molecule has 1 amide bonds. The van der Waals surface area contributed by atoms with Crippen LogP contribution in [0.15, 0.2) is 42.7 Å². The molecule has 0 aliphatic rings. The number of carbonyl (C=O) groups excluding carboxylic acids is 1. The van der Waals surface area contributed by atoms with Crippen molar-refractivity contribution in [2.75, 3.05) is 18.5 Å². The first-order valence-electron chi connectivity index (χ1n) is 10.7. The molecule has 4 rings (SSSR count). The van der Waals surface area contributed by atoms with Crippen LogP contribution in [0.3, 0.4) is 0 Å². The van der Waals surface area contributed by atoms with Crippen molar-refractivity contribution in [3.63, 3.8) is 0 Å². The molecule has 0 saturated heterocycles. The average molecular weight is 465 g/mol. The number of halogens is 1. The van der Waals surface area contributed by atoms with Gasteiger partial charge >= 0.3 is 0 Å². The summed E-state index contributed by atoms with van der Waals surface area (Å²) in [7, 11) is 0. The van der Waals surface area contributed by atoms with E-state index in [-0.39, 0.29) is 5.82 Å². The predicted octanol–water partition coefficient (Wildman–Crippen LogP) is 5.27. The molecule has 0 atom stereocenters. The number of aryl methyl sites for hydroxylation is 2. The monoisotopic (exact) mass is 464 g/mol. The van der Waals surface area contributed by atoms with Gasteiger partial charge in [0.15, 0.2) is 0 Å². The minimum Gasteiger partial charge on any atom is -0.493 e. The van der Waals surface area contributed by atoms with Crippen LogP contribution in [0.25, 0.3) is 21.3 Å². The second-order valence-corrected chi connectivity index (χ2v) is 8.93. The number of aromatic nitrogens is 2. The number of anilines is 1. The number of ether oxygens (including phenoxy) is 1. The van der Waals surface area contributed by atoms with Gasteiger partial charge < -0.3 is 15.8 Å². The number of nitrogens with two attached hydrogens (primary N) is 1. The van der Waals surface area contributed by atoms with Gasteiger partial charge in [0, 0.05) is 27.8 Å². The molecule has 0 spiro atoms. The lowest BCUT2D eigenvalue weighted by Gasteiger charge is -2.11. The molecule has 0 saturated carbocycles. The van der Waals surface area contributed by atoms with E-state index >= 15 is 0 Å². The highest BCUT2D eigenvalue weighted by molar-refractivity contribution is 7.19. The number of hydrogen-bond acceptors (Lipinski definition) is 6. The van der Waals surface area contributed by atoms with E-state index in [1.54, 1.807) is 41.7 Å². The molecule has 0 aliphatic carbocycles. The van der Waals surface area contributed by atoms with Gasteiger partial charge in [0.25, 0.3) is 5.91 Å². The lowest BCUT2D eigenvalue weighted by Crippen LogP contribution is -2.13. The molecule has 33 heavy (non-hydrogen) atoms. The van der Waals surface area contributed by atoms with E-state index in [9.17, 15) is 9.18 Å². The van der Waals surface area contributed by atoms with Gasteiger partial charge in [0.05, 0.1) is 17.9 Å². The van der Waals surface area contributed by atoms with Crippen molar-refractivity contribution in [3.05, 3.63) is 70.1 Å². The van der Waals surface area contributed by atoms with Gasteiger partial charge in [-0.05, 0) is 68.0 Å². The average Bonchev–Trinajstić information content (AvgIpc) is 3.10. The summed E-state index contributed by atoms with van der Waals surface area (Å²) in [5, 5.41) is 4.32. The van der Waals surface area contributed by atoms with Crippen molar-refractivity contribution in [1.29, 1.82) is 0 Å². The van der Waals surface area contributed by atoms with E-state index in [1.807, 2.05) is 19.9 Å². The maximum Gasteiger partial charge on any atom is 0.252 e. The van der Waals surface area contributed by atoms with Crippen molar-refractivity contribution >= 4 is 33.1 Å². The predicted molar refractivity (Wildman–Crippen MR) is 131 cm³/mol. The molecule has 0 aliphatic heterocycles. The molecule has 6 nitrogen and oxygen atoms in total. The van der Waals surface area contributed by atoms with Crippen LogP contribution < -0.4 is 15.8 Å². The van der Waals surface area contributed by atoms with E-state index < -0.39 is 5.91 Å². The van der Waals surface area contributed by atoms with Gasteiger partial charge in [-0.3, -0.25) is 4.79 Å². The molecule has 0 radical (unpaired) electrons. The van der Waals surface area contributed by atoms with Crippen LogP contribution in [-0.2, 0) is 6.42 Å². The van der Waals surface area contributed by atoms with Gasteiger partial charge in [0.1, 0.15) is 23.7 Å². The van der Waals surface area contributed by atoms with Crippen molar-refractivity contribution in [1.82, 2.24) is 9.97 Å². The first kappa shape index (κ1) is 22.7. The molecule has 170 valence electrons. The van der Waals surface area contributed by atoms with Gasteiger partial charge in [-0.25, -0.2) is 14.4 Å². The Morgan fingerprint density at radius 3 is 2.76 bits per heavy atom. The summed E-state index contributed by atoms with van der Waals surface area (Å²) in [5.41, 5.74) is 9.38. The third-order valence-corrected chi connectivity index (χ3v) is 6.73. The molecule has 0 fully saturated rings. The van der Waals surface area contributed by atoms with E-state index in [1.165, 1.54) is 11.2 Å². The summed E-state index contributed by atoms with van der Waals surface area (Å²) < 4.78 is 20.7. The zero-order valence-corrected chi connectivity index (χ0v) is 19.6. The number of primary amides is 1. The van der Waals surface area contributed by atoms with E-state index in [2.05, 4.69) is 22.2 Å². The quantitative estimate of drug-likeness (QED) is 0.371. The highest BCUT2D eigenvalue weighted by atomic mass is 32.1. The van der Waals surface area contributed by atoms with Crippen LogP contribution in [0.1, 0.15) is 33.3 Å². The molecule has 0 unspecified atom stereocenters. The van der Waals surface area contributed by atoms with Crippen molar-refractivity contribution in [2.24, 2.45) is 5.73 Å². The summed E-state index contributed by atoms with van der Waals surface area (Å²) in [6.07, 6.45) is 2.24. The number of amides is 1. The number of hydrogen-bond donors (Lipinski definition) is 2.